The molecule has 144 valence electrons. The number of amides is 1. The summed E-state index contributed by atoms with van der Waals surface area (Å²) in [5, 5.41) is 11.7. The number of thiocarbonyl (C=S) groups is 1. The van der Waals surface area contributed by atoms with Crippen molar-refractivity contribution in [3.05, 3.63) is 77.4 Å². The van der Waals surface area contributed by atoms with E-state index in [1.54, 1.807) is 4.68 Å². The number of carbonyl (C=O) groups is 1. The van der Waals surface area contributed by atoms with Crippen LogP contribution in [0, 0.1) is 5.82 Å². The Bertz CT molecular complexity index is 960. The first-order valence-corrected chi connectivity index (χ1v) is 9.95. The summed E-state index contributed by atoms with van der Waals surface area (Å²) in [5.74, 6) is 0.574. The van der Waals surface area contributed by atoms with Gasteiger partial charge in [0, 0.05) is 17.7 Å². The Hall–Kier alpha value is -2.78. The molecule has 0 fully saturated rings. The van der Waals surface area contributed by atoms with Gasteiger partial charge in [-0.3, -0.25) is 15.5 Å². The van der Waals surface area contributed by atoms with Crippen LogP contribution in [0.1, 0.15) is 28.7 Å². The fourth-order valence-electron chi connectivity index (χ4n) is 2.36. The van der Waals surface area contributed by atoms with Crippen molar-refractivity contribution in [2.24, 2.45) is 0 Å². The van der Waals surface area contributed by atoms with Gasteiger partial charge in [0.15, 0.2) is 10.9 Å². The summed E-state index contributed by atoms with van der Waals surface area (Å²) in [4.78, 5) is 12.2. The van der Waals surface area contributed by atoms with Gasteiger partial charge in [0.1, 0.15) is 5.82 Å². The van der Waals surface area contributed by atoms with Crippen LogP contribution in [0.3, 0.4) is 0 Å². The molecule has 0 aliphatic carbocycles. The van der Waals surface area contributed by atoms with Gasteiger partial charge < -0.3 is 0 Å². The van der Waals surface area contributed by atoms with Gasteiger partial charge in [-0.2, -0.15) is 0 Å². The Morgan fingerprint density at radius 3 is 2.54 bits per heavy atom. The molecule has 3 rings (SSSR count). The summed E-state index contributed by atoms with van der Waals surface area (Å²) >= 11 is 6.75. The lowest BCUT2D eigenvalue weighted by Gasteiger charge is -2.13. The summed E-state index contributed by atoms with van der Waals surface area (Å²) in [6, 6.07) is 15.2. The molecule has 28 heavy (non-hydrogen) atoms. The molecule has 6 nitrogen and oxygen atoms in total. The number of nitrogens with one attached hydrogen (secondary N) is 2. The Labute approximate surface area is 171 Å². The zero-order chi connectivity index (χ0) is 19.9. The van der Waals surface area contributed by atoms with Gasteiger partial charge >= 0.3 is 0 Å². The zero-order valence-electron chi connectivity index (χ0n) is 15.1. The molecule has 2 N–H and O–H groups in total. The second-order valence-electron chi connectivity index (χ2n) is 5.76. The first kappa shape index (κ1) is 20.0. The van der Waals surface area contributed by atoms with E-state index in [0.29, 0.717) is 23.0 Å². The average Bonchev–Trinajstić information content (AvgIpc) is 3.09. The van der Waals surface area contributed by atoms with Crippen LogP contribution in [0.25, 0.3) is 0 Å². The summed E-state index contributed by atoms with van der Waals surface area (Å²) < 4.78 is 14.7. The molecule has 0 saturated heterocycles. The van der Waals surface area contributed by atoms with Crippen LogP contribution in [0.4, 0.5) is 4.39 Å². The van der Waals surface area contributed by atoms with Gasteiger partial charge in [-0.05, 0) is 42.0 Å². The van der Waals surface area contributed by atoms with Crippen molar-refractivity contribution in [2.75, 3.05) is 5.43 Å². The molecular formula is C19H18FN5OS2. The van der Waals surface area contributed by atoms with Gasteiger partial charge in [0.25, 0.3) is 5.91 Å². The molecule has 1 amide bonds. The molecule has 0 atom stereocenters. The van der Waals surface area contributed by atoms with Gasteiger partial charge in [-0.25, -0.2) is 9.07 Å². The third kappa shape index (κ3) is 5.14. The number of hydrogen-bond donors (Lipinski definition) is 2. The normalized spacial score (nSPS) is 10.5. The minimum absolute atomic E-state index is 0.102. The highest BCUT2D eigenvalue weighted by atomic mass is 32.2. The molecule has 0 spiro atoms. The topological polar surface area (TPSA) is 71.8 Å². The number of rotatable bonds is 6. The molecule has 0 radical (unpaired) electrons. The molecule has 0 aliphatic rings. The van der Waals surface area contributed by atoms with Gasteiger partial charge in [-0.1, -0.05) is 49.0 Å². The number of aromatic nitrogens is 3. The third-order valence-electron chi connectivity index (χ3n) is 3.77. The lowest BCUT2D eigenvalue weighted by atomic mass is 10.2. The van der Waals surface area contributed by atoms with Crippen LogP contribution in [-0.4, -0.2) is 25.9 Å². The molecule has 9 heteroatoms. The summed E-state index contributed by atoms with van der Waals surface area (Å²) in [6.45, 7) is 1.95. The minimum Gasteiger partial charge on any atom is -0.298 e. The van der Waals surface area contributed by atoms with E-state index in [-0.39, 0.29) is 5.11 Å². The molecular weight excluding hydrogens is 397 g/mol. The number of halogens is 1. The van der Waals surface area contributed by atoms with E-state index in [2.05, 4.69) is 20.9 Å². The Morgan fingerprint density at radius 1 is 1.14 bits per heavy atom. The van der Waals surface area contributed by atoms with Crippen molar-refractivity contribution < 1.29 is 9.18 Å². The summed E-state index contributed by atoms with van der Waals surface area (Å²) in [6.07, 6.45) is 0.639. The van der Waals surface area contributed by atoms with Crippen molar-refractivity contribution in [3.8, 4) is 0 Å². The van der Waals surface area contributed by atoms with Crippen molar-refractivity contribution in [1.82, 2.24) is 20.2 Å². The van der Waals surface area contributed by atoms with E-state index in [0.717, 1.165) is 11.3 Å². The number of carbonyl (C=O) groups excluding carboxylic acids is 1. The van der Waals surface area contributed by atoms with E-state index in [4.69, 9.17) is 12.2 Å². The van der Waals surface area contributed by atoms with Gasteiger partial charge in [0.2, 0.25) is 5.16 Å². The number of benzene rings is 2. The Kier molecular flexibility index (Phi) is 6.72. The standard InChI is InChI=1S/C19H18FN5OS2/c1-2-16-22-23-19(28-12-13-6-4-3-5-7-13)25(16)24-18(27)21-17(26)14-8-10-15(20)11-9-14/h3-11H,2,12H2,1H3,(H2,21,24,26,27). The zero-order valence-corrected chi connectivity index (χ0v) is 16.7. The number of thioether (sulfide) groups is 1. The Morgan fingerprint density at radius 2 is 1.86 bits per heavy atom. The van der Waals surface area contributed by atoms with Gasteiger partial charge in [0.05, 0.1) is 0 Å². The molecule has 3 aromatic rings. The predicted molar refractivity (Wildman–Crippen MR) is 111 cm³/mol. The molecule has 0 saturated carbocycles. The maximum Gasteiger partial charge on any atom is 0.257 e. The van der Waals surface area contributed by atoms with Crippen LogP contribution in [0.5, 0.6) is 0 Å². The fraction of sp³-hybridized carbons (Fsp3) is 0.158. The highest BCUT2D eigenvalue weighted by molar-refractivity contribution is 7.98. The van der Waals surface area contributed by atoms with Crippen molar-refractivity contribution >= 4 is 35.0 Å². The van der Waals surface area contributed by atoms with Crippen molar-refractivity contribution in [1.29, 1.82) is 0 Å². The number of aryl methyl sites for hydroxylation is 1. The predicted octanol–water partition coefficient (Wildman–Crippen LogP) is 3.53. The smallest absolute Gasteiger partial charge is 0.257 e. The third-order valence-corrected chi connectivity index (χ3v) is 4.97. The second-order valence-corrected chi connectivity index (χ2v) is 7.11. The first-order chi connectivity index (χ1) is 13.6. The van der Waals surface area contributed by atoms with E-state index < -0.39 is 11.7 Å². The van der Waals surface area contributed by atoms with Crippen LogP contribution < -0.4 is 10.7 Å². The number of hydrogen-bond acceptors (Lipinski definition) is 5. The lowest BCUT2D eigenvalue weighted by molar-refractivity contribution is 0.0977. The fourth-order valence-corrected chi connectivity index (χ4v) is 3.41. The SMILES string of the molecule is CCc1nnc(SCc2ccccc2)n1NC(=S)NC(=O)c1ccc(F)cc1. The molecule has 2 aromatic carbocycles. The molecule has 1 aromatic heterocycles. The molecule has 0 bridgehead atoms. The van der Waals surface area contributed by atoms with Crippen LogP contribution in [0.15, 0.2) is 59.8 Å². The molecule has 0 aliphatic heterocycles. The van der Waals surface area contributed by atoms with Gasteiger partial charge in [-0.15, -0.1) is 10.2 Å². The number of nitrogens with zero attached hydrogens (tertiary/aromatic N) is 3. The molecule has 0 unspecified atom stereocenters. The lowest BCUT2D eigenvalue weighted by Crippen LogP contribution is -2.38. The minimum atomic E-state index is -0.429. The van der Waals surface area contributed by atoms with Crippen LogP contribution in [0.2, 0.25) is 0 Å². The van der Waals surface area contributed by atoms with Crippen molar-refractivity contribution in [3.63, 3.8) is 0 Å². The van der Waals surface area contributed by atoms with Crippen LogP contribution in [-0.2, 0) is 12.2 Å². The highest BCUT2D eigenvalue weighted by Crippen LogP contribution is 2.21. The van der Waals surface area contributed by atoms with E-state index >= 15 is 0 Å². The maximum atomic E-state index is 13.0. The maximum absolute atomic E-state index is 13.0. The Balaban J connectivity index is 1.66. The van der Waals surface area contributed by atoms with E-state index in [1.165, 1.54) is 36.0 Å². The van der Waals surface area contributed by atoms with E-state index in [9.17, 15) is 9.18 Å². The largest absolute Gasteiger partial charge is 0.298 e. The summed E-state index contributed by atoms with van der Waals surface area (Å²) in [7, 11) is 0. The quantitative estimate of drug-likeness (QED) is 0.474. The highest BCUT2D eigenvalue weighted by Gasteiger charge is 2.14. The first-order valence-electron chi connectivity index (χ1n) is 8.55. The summed E-state index contributed by atoms with van der Waals surface area (Å²) in [5.41, 5.74) is 4.42. The van der Waals surface area contributed by atoms with Crippen molar-refractivity contribution in [2.45, 2.75) is 24.3 Å². The van der Waals surface area contributed by atoms with Crippen LogP contribution >= 0.6 is 24.0 Å². The second kappa shape index (κ2) is 9.43. The van der Waals surface area contributed by atoms with E-state index in [1.807, 2.05) is 37.3 Å². The molecule has 1 heterocycles. The average molecular weight is 416 g/mol. The monoisotopic (exact) mass is 415 g/mol.